The summed E-state index contributed by atoms with van der Waals surface area (Å²) >= 11 is 1.88. The predicted molar refractivity (Wildman–Crippen MR) is 184 cm³/mol. The second kappa shape index (κ2) is 22.6. The minimum Gasteiger partial charge on any atom is -0.379 e. The van der Waals surface area contributed by atoms with Crippen molar-refractivity contribution in [2.24, 2.45) is 0 Å². The molecule has 0 saturated carbocycles. The lowest BCUT2D eigenvalue weighted by molar-refractivity contribution is -0.134. The van der Waals surface area contributed by atoms with Gasteiger partial charge in [0.25, 0.3) is 0 Å². The van der Waals surface area contributed by atoms with E-state index in [-0.39, 0.29) is 42.4 Å². The Kier molecular flexibility index (Phi) is 18.5. The van der Waals surface area contributed by atoms with Gasteiger partial charge in [-0.3, -0.25) is 14.4 Å². The van der Waals surface area contributed by atoms with Crippen molar-refractivity contribution in [1.82, 2.24) is 26.2 Å². The molecule has 0 spiro atoms. The second-order valence-corrected chi connectivity index (χ2v) is 13.2. The van der Waals surface area contributed by atoms with E-state index < -0.39 is 0 Å². The molecule has 2 fully saturated rings. The molecule has 13 nitrogen and oxygen atoms in total. The summed E-state index contributed by atoms with van der Waals surface area (Å²) in [5, 5.41) is 15.3. The number of hydrogen-bond acceptors (Lipinski definition) is 9. The highest BCUT2D eigenvalue weighted by atomic mass is 32.2. The van der Waals surface area contributed by atoms with Crippen LogP contribution in [0, 0.1) is 6.92 Å². The molecule has 0 aliphatic carbocycles. The van der Waals surface area contributed by atoms with Gasteiger partial charge in [-0.2, -0.15) is 11.8 Å². The minimum atomic E-state index is -0.181. The Morgan fingerprint density at radius 2 is 1.53 bits per heavy atom. The zero-order chi connectivity index (χ0) is 33.7. The lowest BCUT2D eigenvalue weighted by Gasteiger charge is -2.18. The summed E-state index contributed by atoms with van der Waals surface area (Å²) in [6.07, 6.45) is 5.02. The fourth-order valence-corrected chi connectivity index (χ4v) is 6.79. The highest BCUT2D eigenvalue weighted by molar-refractivity contribution is 8.00. The Morgan fingerprint density at radius 3 is 2.26 bits per heavy atom. The molecule has 2 saturated heterocycles. The monoisotopic (exact) mass is 678 g/mol. The molecule has 0 aromatic heterocycles. The highest BCUT2D eigenvalue weighted by Gasteiger charge is 2.42. The number of urea groups is 1. The second-order valence-electron chi connectivity index (χ2n) is 11.9. The van der Waals surface area contributed by atoms with E-state index in [1.807, 2.05) is 43.0 Å². The number of hydrogen-bond donors (Lipinski definition) is 5. The van der Waals surface area contributed by atoms with Gasteiger partial charge in [0, 0.05) is 62.9 Å². The van der Waals surface area contributed by atoms with Gasteiger partial charge < -0.3 is 45.7 Å². The molecule has 1 aromatic rings. The molecule has 3 rings (SSSR count). The van der Waals surface area contributed by atoms with Crippen molar-refractivity contribution in [1.29, 1.82) is 0 Å². The quantitative estimate of drug-likeness (QED) is 0.0771. The molecule has 2 heterocycles. The van der Waals surface area contributed by atoms with Gasteiger partial charge in [0.1, 0.15) is 0 Å². The third-order valence-corrected chi connectivity index (χ3v) is 9.42. The number of amides is 5. The number of carbonyl (C=O) groups is 4. The van der Waals surface area contributed by atoms with Gasteiger partial charge in [-0.05, 0) is 51.3 Å². The Labute approximate surface area is 283 Å². The van der Waals surface area contributed by atoms with Crippen LogP contribution in [-0.4, -0.2) is 125 Å². The van der Waals surface area contributed by atoms with Gasteiger partial charge in [-0.1, -0.05) is 24.1 Å². The van der Waals surface area contributed by atoms with Gasteiger partial charge in [0.15, 0.2) is 0 Å². The van der Waals surface area contributed by atoms with Crippen LogP contribution in [0.4, 0.5) is 10.5 Å². The number of benzene rings is 1. The minimum absolute atomic E-state index is 0.00475. The molecular weight excluding hydrogens is 624 g/mol. The SMILES string of the molecule is Cc1ccc(NC(=O)CCNCCCOCCOCCOCCCNC(=O)CN(C)C(=O)CCCC[C@@H]2SC[C@@H]3NC(=O)N[C@@H]32)cc1. The molecule has 5 N–H and O–H groups in total. The first-order valence-corrected chi connectivity index (χ1v) is 17.9. The first-order valence-electron chi connectivity index (χ1n) is 16.8. The molecule has 1 aromatic carbocycles. The summed E-state index contributed by atoms with van der Waals surface area (Å²) in [5.41, 5.74) is 1.97. The van der Waals surface area contributed by atoms with Crippen LogP contribution in [0.5, 0.6) is 0 Å². The largest absolute Gasteiger partial charge is 0.379 e. The fraction of sp³-hybridized carbons (Fsp3) is 0.697. The lowest BCUT2D eigenvalue weighted by Crippen LogP contribution is -2.38. The molecule has 0 radical (unpaired) electrons. The van der Waals surface area contributed by atoms with E-state index in [9.17, 15) is 19.2 Å². The number of ether oxygens (including phenoxy) is 3. The Balaban J connectivity index is 1.02. The van der Waals surface area contributed by atoms with Crippen LogP contribution >= 0.6 is 11.8 Å². The maximum atomic E-state index is 12.4. The van der Waals surface area contributed by atoms with E-state index >= 15 is 0 Å². The standard InChI is InChI=1S/C33H54N6O7S/c1-25-9-11-26(12-10-25)36-29(40)13-16-34-14-5-17-44-19-21-46-22-20-45-18-6-15-35-30(41)23-39(2)31(42)8-4-3-7-28-32-27(24-47-28)37-33(43)38-32/h9-12,27-28,32,34H,3-8,13-24H2,1-2H3,(H,35,41)(H,36,40)(H2,37,38,43)/t27-,28-,32-/m0/s1. The maximum absolute atomic E-state index is 12.4. The van der Waals surface area contributed by atoms with Gasteiger partial charge in [0.2, 0.25) is 17.7 Å². The molecule has 3 atom stereocenters. The average molecular weight is 679 g/mol. The summed E-state index contributed by atoms with van der Waals surface area (Å²) in [6.45, 7) is 7.03. The highest BCUT2D eigenvalue weighted by Crippen LogP contribution is 2.33. The topological polar surface area (TPSA) is 159 Å². The van der Waals surface area contributed by atoms with Crippen LogP contribution < -0.4 is 26.6 Å². The van der Waals surface area contributed by atoms with Gasteiger partial charge in [-0.25, -0.2) is 4.79 Å². The van der Waals surface area contributed by atoms with E-state index in [0.717, 1.165) is 49.2 Å². The summed E-state index contributed by atoms with van der Waals surface area (Å²) in [6, 6.07) is 8.08. The number of nitrogens with one attached hydrogen (secondary N) is 5. The van der Waals surface area contributed by atoms with Crippen molar-refractivity contribution < 1.29 is 33.4 Å². The van der Waals surface area contributed by atoms with Crippen molar-refractivity contribution >= 4 is 41.2 Å². The zero-order valence-electron chi connectivity index (χ0n) is 28.0. The molecular formula is C33H54N6O7S. The third-order valence-electron chi connectivity index (χ3n) is 7.91. The number of aryl methyl sites for hydroxylation is 1. The zero-order valence-corrected chi connectivity index (χ0v) is 28.8. The van der Waals surface area contributed by atoms with Crippen LogP contribution in [0.3, 0.4) is 0 Å². The molecule has 0 unspecified atom stereocenters. The molecule has 14 heteroatoms. The average Bonchev–Trinajstić information content (AvgIpc) is 3.60. The Hall–Kier alpha value is -2.91. The summed E-state index contributed by atoms with van der Waals surface area (Å²) in [5.74, 6) is 0.712. The van der Waals surface area contributed by atoms with Crippen molar-refractivity contribution in [2.45, 2.75) is 69.2 Å². The Bertz CT molecular complexity index is 1100. The van der Waals surface area contributed by atoms with E-state index in [1.165, 1.54) is 4.90 Å². The van der Waals surface area contributed by atoms with Crippen molar-refractivity contribution in [3.8, 4) is 0 Å². The van der Waals surface area contributed by atoms with Crippen LogP contribution in [0.25, 0.3) is 0 Å². The van der Waals surface area contributed by atoms with E-state index in [2.05, 4.69) is 26.6 Å². The number of rotatable bonds is 25. The maximum Gasteiger partial charge on any atom is 0.315 e. The number of carbonyl (C=O) groups excluding carboxylic acids is 4. The van der Waals surface area contributed by atoms with Gasteiger partial charge in [0.05, 0.1) is 45.1 Å². The van der Waals surface area contributed by atoms with Crippen LogP contribution in [-0.2, 0) is 28.6 Å². The number of thioether (sulfide) groups is 1. The molecule has 0 bridgehead atoms. The summed E-state index contributed by atoms with van der Waals surface area (Å²) in [7, 11) is 1.66. The third kappa shape index (κ3) is 16.2. The summed E-state index contributed by atoms with van der Waals surface area (Å²) in [4.78, 5) is 49.5. The van der Waals surface area contributed by atoms with Crippen molar-refractivity contribution in [3.05, 3.63) is 29.8 Å². The molecule has 47 heavy (non-hydrogen) atoms. The normalized spacial score (nSPS) is 18.3. The molecule has 5 amide bonds. The van der Waals surface area contributed by atoms with Gasteiger partial charge in [-0.15, -0.1) is 0 Å². The van der Waals surface area contributed by atoms with E-state index in [0.29, 0.717) is 77.2 Å². The number of anilines is 1. The lowest BCUT2D eigenvalue weighted by atomic mass is 10.0. The molecule has 2 aliphatic rings. The fourth-order valence-electron chi connectivity index (χ4n) is 5.25. The van der Waals surface area contributed by atoms with E-state index in [1.54, 1.807) is 7.05 Å². The first kappa shape index (κ1) is 38.5. The molecule has 2 aliphatic heterocycles. The number of fused-ring (bicyclic) bond motifs is 1. The first-order chi connectivity index (χ1) is 22.8. The van der Waals surface area contributed by atoms with Crippen molar-refractivity contribution in [3.63, 3.8) is 0 Å². The number of unbranched alkanes of at least 4 members (excludes halogenated alkanes) is 1. The molecule has 264 valence electrons. The van der Waals surface area contributed by atoms with Crippen LogP contribution in [0.1, 0.15) is 50.5 Å². The van der Waals surface area contributed by atoms with Gasteiger partial charge >= 0.3 is 6.03 Å². The van der Waals surface area contributed by atoms with Crippen LogP contribution in [0.2, 0.25) is 0 Å². The number of likely N-dealkylation sites (N-methyl/N-ethyl adjacent to an activating group) is 1. The predicted octanol–water partition coefficient (Wildman–Crippen LogP) is 2.04. The summed E-state index contributed by atoms with van der Waals surface area (Å²) < 4.78 is 16.6. The van der Waals surface area contributed by atoms with E-state index in [4.69, 9.17) is 14.2 Å². The number of nitrogens with zero attached hydrogens (tertiary/aromatic N) is 1. The van der Waals surface area contributed by atoms with Crippen LogP contribution in [0.15, 0.2) is 24.3 Å². The Morgan fingerprint density at radius 1 is 0.851 bits per heavy atom. The van der Waals surface area contributed by atoms with Crippen molar-refractivity contribution in [2.75, 3.05) is 83.9 Å². The smallest absolute Gasteiger partial charge is 0.315 e.